The minimum absolute atomic E-state index is 0.104. The second-order valence-electron chi connectivity index (χ2n) is 2.99. The summed E-state index contributed by atoms with van der Waals surface area (Å²) in [4.78, 5) is 7.15. The predicted molar refractivity (Wildman–Crippen MR) is 53.8 cm³/mol. The Morgan fingerprint density at radius 3 is 2.86 bits per heavy atom. The van der Waals surface area contributed by atoms with Crippen LogP contribution >= 0.6 is 11.6 Å². The molecule has 0 amide bonds. The van der Waals surface area contributed by atoms with Crippen molar-refractivity contribution in [2.75, 3.05) is 0 Å². The van der Waals surface area contributed by atoms with Gasteiger partial charge in [0.15, 0.2) is 11.5 Å². The monoisotopic (exact) mass is 212 g/mol. The number of H-pyrrole nitrogens is 1. The Balaban J connectivity index is 2.81. The lowest BCUT2D eigenvalue weighted by molar-refractivity contribution is 0.405. The predicted octanol–water partition coefficient (Wildman–Crippen LogP) is 2.19. The molecule has 0 aliphatic carbocycles. The number of imidazole rings is 1. The van der Waals surface area contributed by atoms with E-state index >= 15 is 0 Å². The van der Waals surface area contributed by atoms with Gasteiger partial charge in [0.25, 0.3) is 0 Å². The summed E-state index contributed by atoms with van der Waals surface area (Å²) in [7, 11) is 0. The minimum Gasteiger partial charge on any atom is -0.504 e. The van der Waals surface area contributed by atoms with E-state index in [4.69, 9.17) is 11.6 Å². The molecule has 0 aliphatic rings. The van der Waals surface area contributed by atoms with Crippen LogP contribution < -0.4 is 0 Å². The molecule has 0 saturated heterocycles. The molecule has 2 rings (SSSR count). The number of halogens is 1. The molecule has 1 aromatic heterocycles. The Kier molecular flexibility index (Phi) is 2.00. The van der Waals surface area contributed by atoms with Crippen LogP contribution in [0.4, 0.5) is 0 Å². The van der Waals surface area contributed by atoms with Gasteiger partial charge in [-0.1, -0.05) is 18.5 Å². The van der Waals surface area contributed by atoms with Crippen LogP contribution in [0.5, 0.6) is 11.5 Å². The maximum atomic E-state index is 9.36. The molecular weight excluding hydrogens is 204 g/mol. The Morgan fingerprint density at radius 1 is 1.50 bits per heavy atom. The van der Waals surface area contributed by atoms with E-state index in [2.05, 4.69) is 9.97 Å². The first kappa shape index (κ1) is 9.15. The molecule has 5 heteroatoms. The number of aromatic hydroxyl groups is 2. The lowest BCUT2D eigenvalue weighted by Crippen LogP contribution is -1.79. The van der Waals surface area contributed by atoms with E-state index in [1.807, 2.05) is 6.92 Å². The average molecular weight is 213 g/mol. The number of phenolic OH excluding ortho intramolecular Hbond substituents is 2. The van der Waals surface area contributed by atoms with Gasteiger partial charge in [-0.25, -0.2) is 4.98 Å². The molecular formula is C9H9ClN2O2. The molecule has 3 N–H and O–H groups in total. The van der Waals surface area contributed by atoms with E-state index in [0.29, 0.717) is 11.0 Å². The number of rotatable bonds is 1. The van der Waals surface area contributed by atoms with Crippen LogP contribution in [0.15, 0.2) is 6.07 Å². The largest absolute Gasteiger partial charge is 0.504 e. The highest BCUT2D eigenvalue weighted by Crippen LogP contribution is 2.38. The van der Waals surface area contributed by atoms with E-state index < -0.39 is 0 Å². The second kappa shape index (κ2) is 3.06. The van der Waals surface area contributed by atoms with E-state index in [1.165, 1.54) is 6.07 Å². The number of benzene rings is 1. The summed E-state index contributed by atoms with van der Waals surface area (Å²) in [6, 6.07) is 1.38. The first-order chi connectivity index (χ1) is 6.63. The maximum absolute atomic E-state index is 9.36. The highest BCUT2D eigenvalue weighted by Gasteiger charge is 2.13. The number of aromatic amines is 1. The Morgan fingerprint density at radius 2 is 2.21 bits per heavy atom. The van der Waals surface area contributed by atoms with Crippen molar-refractivity contribution in [3.63, 3.8) is 0 Å². The van der Waals surface area contributed by atoms with Crippen LogP contribution in [0.2, 0.25) is 5.02 Å². The molecule has 0 bridgehead atoms. The first-order valence-electron chi connectivity index (χ1n) is 4.22. The van der Waals surface area contributed by atoms with Gasteiger partial charge < -0.3 is 15.2 Å². The summed E-state index contributed by atoms with van der Waals surface area (Å²) in [6.07, 6.45) is 0.743. The van der Waals surface area contributed by atoms with Crippen LogP contribution in [0.1, 0.15) is 12.7 Å². The Bertz CT molecular complexity index is 493. The zero-order chi connectivity index (χ0) is 10.3. The van der Waals surface area contributed by atoms with Crippen molar-refractivity contribution in [1.29, 1.82) is 0 Å². The normalized spacial score (nSPS) is 11.0. The number of nitrogens with one attached hydrogen (secondary N) is 1. The van der Waals surface area contributed by atoms with Crippen molar-refractivity contribution in [3.8, 4) is 11.5 Å². The zero-order valence-corrected chi connectivity index (χ0v) is 8.26. The molecule has 14 heavy (non-hydrogen) atoms. The summed E-state index contributed by atoms with van der Waals surface area (Å²) in [5.74, 6) is 0.203. The van der Waals surface area contributed by atoms with Crippen molar-refractivity contribution in [2.24, 2.45) is 0 Å². The highest BCUT2D eigenvalue weighted by atomic mass is 35.5. The molecule has 0 spiro atoms. The van der Waals surface area contributed by atoms with Crippen molar-refractivity contribution >= 4 is 22.6 Å². The molecule has 2 aromatic rings. The lowest BCUT2D eigenvalue weighted by atomic mass is 10.3. The van der Waals surface area contributed by atoms with Crippen LogP contribution in [-0.4, -0.2) is 20.2 Å². The molecule has 74 valence electrons. The quantitative estimate of drug-likeness (QED) is 0.635. The minimum atomic E-state index is -0.314. The molecule has 4 nitrogen and oxygen atoms in total. The Labute approximate surface area is 85.2 Å². The second-order valence-corrected chi connectivity index (χ2v) is 3.37. The standard InChI is InChI=1S/C9H9ClN2O2/c1-2-6-11-4-3-5(13)9(14)7(10)8(4)12-6/h3,13-14H,2H2,1H3,(H,11,12). The Hall–Kier alpha value is -1.42. The summed E-state index contributed by atoms with van der Waals surface area (Å²) in [5, 5.41) is 18.8. The van der Waals surface area contributed by atoms with E-state index in [-0.39, 0.29) is 16.5 Å². The van der Waals surface area contributed by atoms with E-state index in [1.54, 1.807) is 0 Å². The third-order valence-corrected chi connectivity index (χ3v) is 2.43. The third-order valence-electron chi connectivity index (χ3n) is 2.06. The summed E-state index contributed by atoms with van der Waals surface area (Å²) >= 11 is 5.82. The van der Waals surface area contributed by atoms with Crippen LogP contribution in [0.3, 0.4) is 0 Å². The number of hydrogen-bond donors (Lipinski definition) is 3. The maximum Gasteiger partial charge on any atom is 0.178 e. The molecule has 0 atom stereocenters. The van der Waals surface area contributed by atoms with Gasteiger partial charge in [0.2, 0.25) is 0 Å². The van der Waals surface area contributed by atoms with Crippen molar-refractivity contribution in [1.82, 2.24) is 9.97 Å². The SMILES string of the molecule is CCc1nc2cc(O)c(O)c(Cl)c2[nH]1. The molecule has 1 aromatic carbocycles. The fourth-order valence-corrected chi connectivity index (χ4v) is 1.55. The molecule has 0 radical (unpaired) electrons. The summed E-state index contributed by atoms with van der Waals surface area (Å²) in [6.45, 7) is 1.95. The average Bonchev–Trinajstić information content (AvgIpc) is 2.57. The molecule has 0 fully saturated rings. The first-order valence-corrected chi connectivity index (χ1v) is 4.60. The molecule has 1 heterocycles. The van der Waals surface area contributed by atoms with Gasteiger partial charge in [-0.05, 0) is 0 Å². The zero-order valence-electron chi connectivity index (χ0n) is 7.50. The van der Waals surface area contributed by atoms with Crippen LogP contribution in [0, 0.1) is 0 Å². The lowest BCUT2D eigenvalue weighted by Gasteiger charge is -1.99. The topological polar surface area (TPSA) is 69.1 Å². The van der Waals surface area contributed by atoms with Crippen molar-refractivity contribution < 1.29 is 10.2 Å². The number of fused-ring (bicyclic) bond motifs is 1. The van der Waals surface area contributed by atoms with Gasteiger partial charge in [-0.15, -0.1) is 0 Å². The summed E-state index contributed by atoms with van der Waals surface area (Å²) < 4.78 is 0. The number of aryl methyl sites for hydroxylation is 1. The fourth-order valence-electron chi connectivity index (χ4n) is 1.31. The fraction of sp³-hybridized carbons (Fsp3) is 0.222. The van der Waals surface area contributed by atoms with Gasteiger partial charge in [-0.3, -0.25) is 0 Å². The smallest absolute Gasteiger partial charge is 0.178 e. The third kappa shape index (κ3) is 1.19. The van der Waals surface area contributed by atoms with Crippen LogP contribution in [-0.2, 0) is 6.42 Å². The van der Waals surface area contributed by atoms with Crippen molar-refractivity contribution in [2.45, 2.75) is 13.3 Å². The van der Waals surface area contributed by atoms with Gasteiger partial charge >= 0.3 is 0 Å². The number of aromatic nitrogens is 2. The highest BCUT2D eigenvalue weighted by molar-refractivity contribution is 6.36. The number of nitrogens with zero attached hydrogens (tertiary/aromatic N) is 1. The molecule has 0 aliphatic heterocycles. The van der Waals surface area contributed by atoms with Crippen LogP contribution in [0.25, 0.3) is 11.0 Å². The molecule has 0 saturated carbocycles. The van der Waals surface area contributed by atoms with E-state index in [9.17, 15) is 10.2 Å². The van der Waals surface area contributed by atoms with Gasteiger partial charge in [-0.2, -0.15) is 0 Å². The van der Waals surface area contributed by atoms with Crippen molar-refractivity contribution in [3.05, 3.63) is 16.9 Å². The number of phenols is 2. The molecule has 0 unspecified atom stereocenters. The van der Waals surface area contributed by atoms with Gasteiger partial charge in [0, 0.05) is 12.5 Å². The van der Waals surface area contributed by atoms with E-state index in [0.717, 1.165) is 12.2 Å². The van der Waals surface area contributed by atoms with Gasteiger partial charge in [0.1, 0.15) is 10.8 Å². The van der Waals surface area contributed by atoms with Gasteiger partial charge in [0.05, 0.1) is 11.0 Å². The summed E-state index contributed by atoms with van der Waals surface area (Å²) in [5.41, 5.74) is 1.11. The number of hydrogen-bond acceptors (Lipinski definition) is 3.